The van der Waals surface area contributed by atoms with Gasteiger partial charge in [0.2, 0.25) is 5.91 Å². The number of hydrogen-bond acceptors (Lipinski definition) is 4. The van der Waals surface area contributed by atoms with Crippen LogP contribution in [-0.4, -0.2) is 40.7 Å². The van der Waals surface area contributed by atoms with Crippen LogP contribution in [-0.2, 0) is 14.4 Å². The Balaban J connectivity index is 2.03. The van der Waals surface area contributed by atoms with Crippen molar-refractivity contribution in [2.45, 2.75) is 24.8 Å². The van der Waals surface area contributed by atoms with Gasteiger partial charge in [0, 0.05) is 12.0 Å². The normalized spacial score (nSPS) is 17.4. The lowest BCUT2D eigenvalue weighted by atomic mass is 10.00. The van der Waals surface area contributed by atoms with Crippen LogP contribution in [0.4, 0.5) is 0 Å². The molecule has 0 spiro atoms. The molecule has 0 saturated heterocycles. The van der Waals surface area contributed by atoms with Crippen LogP contribution in [0.2, 0.25) is 0 Å². The molecule has 21 heavy (non-hydrogen) atoms. The van der Waals surface area contributed by atoms with Crippen molar-refractivity contribution in [1.82, 2.24) is 5.32 Å². The summed E-state index contributed by atoms with van der Waals surface area (Å²) >= 11 is 0. The van der Waals surface area contributed by atoms with Crippen molar-refractivity contribution >= 4 is 17.8 Å². The first kappa shape index (κ1) is 14.8. The number of rotatable bonds is 6. The fourth-order valence-corrected chi connectivity index (χ4v) is 2.18. The summed E-state index contributed by atoms with van der Waals surface area (Å²) in [6, 6.07) is 5.82. The lowest BCUT2D eigenvalue weighted by Gasteiger charge is -2.16. The summed E-state index contributed by atoms with van der Waals surface area (Å²) in [6.45, 7) is 0.149. The van der Waals surface area contributed by atoms with Crippen molar-refractivity contribution < 1.29 is 29.3 Å². The number of aliphatic carboxylic acids is 2. The molecule has 0 fully saturated rings. The van der Waals surface area contributed by atoms with Gasteiger partial charge in [0.25, 0.3) is 0 Å². The van der Waals surface area contributed by atoms with Gasteiger partial charge in [-0.15, -0.1) is 0 Å². The van der Waals surface area contributed by atoms with Gasteiger partial charge >= 0.3 is 11.9 Å². The molecule has 0 aliphatic carbocycles. The Labute approximate surface area is 120 Å². The summed E-state index contributed by atoms with van der Waals surface area (Å²) < 4.78 is 5.37. The smallest absolute Gasteiger partial charge is 0.326 e. The lowest BCUT2D eigenvalue weighted by molar-refractivity contribution is -0.143. The molecular formula is C14H15NO6. The van der Waals surface area contributed by atoms with Crippen molar-refractivity contribution in [3.05, 3.63) is 29.8 Å². The number of carbonyl (C=O) groups is 3. The first-order valence-corrected chi connectivity index (χ1v) is 6.45. The predicted octanol–water partition coefficient (Wildman–Crippen LogP) is 0.597. The topological polar surface area (TPSA) is 113 Å². The highest BCUT2D eigenvalue weighted by atomic mass is 16.5. The molecule has 0 radical (unpaired) electrons. The van der Waals surface area contributed by atoms with E-state index in [-0.39, 0.29) is 19.4 Å². The minimum atomic E-state index is -1.25. The number of carbonyl (C=O) groups excluding carboxylic acids is 1. The molecule has 7 heteroatoms. The fourth-order valence-electron chi connectivity index (χ4n) is 2.18. The average molecular weight is 293 g/mol. The van der Waals surface area contributed by atoms with E-state index in [4.69, 9.17) is 14.9 Å². The summed E-state index contributed by atoms with van der Waals surface area (Å²) in [6.07, 6.45) is -0.485. The van der Waals surface area contributed by atoms with Crippen LogP contribution in [0.3, 0.4) is 0 Å². The number of ether oxygens (including phenoxy) is 1. The zero-order valence-corrected chi connectivity index (χ0v) is 11.1. The third kappa shape index (κ3) is 3.50. The molecule has 3 N–H and O–H groups in total. The van der Waals surface area contributed by atoms with Crippen LogP contribution in [0, 0.1) is 0 Å². The summed E-state index contributed by atoms with van der Waals surface area (Å²) in [5.41, 5.74) is 0.706. The third-order valence-corrected chi connectivity index (χ3v) is 3.28. The first-order valence-electron chi connectivity index (χ1n) is 6.45. The van der Waals surface area contributed by atoms with Gasteiger partial charge in [-0.2, -0.15) is 0 Å². The number of carboxylic acid groups (broad SMARTS) is 2. The van der Waals surface area contributed by atoms with Gasteiger partial charge in [0.15, 0.2) is 0 Å². The molecule has 1 amide bonds. The van der Waals surface area contributed by atoms with E-state index < -0.39 is 29.8 Å². The summed E-state index contributed by atoms with van der Waals surface area (Å²) in [7, 11) is 0. The highest BCUT2D eigenvalue weighted by Crippen LogP contribution is 2.33. The highest BCUT2D eigenvalue weighted by Gasteiger charge is 2.32. The Hall–Kier alpha value is -2.57. The predicted molar refractivity (Wildman–Crippen MR) is 71.1 cm³/mol. The molecular weight excluding hydrogens is 278 g/mol. The van der Waals surface area contributed by atoms with Crippen LogP contribution < -0.4 is 10.1 Å². The second-order valence-corrected chi connectivity index (χ2v) is 4.73. The Kier molecular flexibility index (Phi) is 4.42. The molecule has 0 bridgehead atoms. The SMILES string of the molecule is O=C(O)CC[C@H](NC(=O)C1COc2ccccc21)C(=O)O. The molecule has 1 heterocycles. The summed E-state index contributed by atoms with van der Waals surface area (Å²) in [4.78, 5) is 33.7. The van der Waals surface area contributed by atoms with Crippen LogP contribution in [0.25, 0.3) is 0 Å². The monoisotopic (exact) mass is 293 g/mol. The van der Waals surface area contributed by atoms with Crippen molar-refractivity contribution in [3.63, 3.8) is 0 Å². The van der Waals surface area contributed by atoms with E-state index in [1.165, 1.54) is 0 Å². The molecule has 2 atom stereocenters. The van der Waals surface area contributed by atoms with E-state index in [0.29, 0.717) is 11.3 Å². The van der Waals surface area contributed by atoms with Gasteiger partial charge in [-0.25, -0.2) is 4.79 Å². The van der Waals surface area contributed by atoms with E-state index in [1.807, 2.05) is 0 Å². The number of carboxylic acids is 2. The Bertz CT molecular complexity index is 570. The van der Waals surface area contributed by atoms with Crippen LogP contribution in [0.5, 0.6) is 5.75 Å². The van der Waals surface area contributed by atoms with E-state index in [0.717, 1.165) is 0 Å². The minimum absolute atomic E-state index is 0.149. The van der Waals surface area contributed by atoms with E-state index in [9.17, 15) is 14.4 Å². The van der Waals surface area contributed by atoms with Crippen molar-refractivity contribution in [2.24, 2.45) is 0 Å². The van der Waals surface area contributed by atoms with E-state index in [2.05, 4.69) is 5.32 Å². The fraction of sp³-hybridized carbons (Fsp3) is 0.357. The summed E-state index contributed by atoms with van der Waals surface area (Å²) in [5, 5.41) is 20.0. The Morgan fingerprint density at radius 1 is 1.29 bits per heavy atom. The molecule has 0 aromatic heterocycles. The molecule has 112 valence electrons. The number of nitrogens with one attached hydrogen (secondary N) is 1. The number of amides is 1. The Morgan fingerprint density at radius 2 is 2.00 bits per heavy atom. The van der Waals surface area contributed by atoms with Gasteiger partial charge in [-0.1, -0.05) is 18.2 Å². The minimum Gasteiger partial charge on any atom is -0.492 e. The standard InChI is InChI=1S/C14H15NO6/c16-12(17)6-5-10(14(19)20)15-13(18)9-7-21-11-4-2-1-3-8(9)11/h1-4,9-10H,5-7H2,(H,15,18)(H,16,17)(H,19,20)/t9?,10-/m0/s1. The third-order valence-electron chi connectivity index (χ3n) is 3.28. The molecule has 0 saturated carbocycles. The molecule has 1 unspecified atom stereocenters. The quantitative estimate of drug-likeness (QED) is 0.707. The molecule has 7 nitrogen and oxygen atoms in total. The highest BCUT2D eigenvalue weighted by molar-refractivity contribution is 5.89. The maximum absolute atomic E-state index is 12.2. The maximum atomic E-state index is 12.2. The van der Waals surface area contributed by atoms with Crippen LogP contribution in [0.1, 0.15) is 24.3 Å². The molecule has 1 aliphatic rings. The van der Waals surface area contributed by atoms with Crippen molar-refractivity contribution in [3.8, 4) is 5.75 Å². The summed E-state index contributed by atoms with van der Waals surface area (Å²) in [5.74, 6) is -2.80. The van der Waals surface area contributed by atoms with Gasteiger partial charge in [0.1, 0.15) is 24.3 Å². The molecule has 1 aromatic carbocycles. The zero-order valence-electron chi connectivity index (χ0n) is 11.1. The second kappa shape index (κ2) is 6.25. The van der Waals surface area contributed by atoms with Gasteiger partial charge in [-0.05, 0) is 12.5 Å². The Morgan fingerprint density at radius 3 is 2.67 bits per heavy atom. The number of para-hydroxylation sites is 1. The van der Waals surface area contributed by atoms with Crippen molar-refractivity contribution in [2.75, 3.05) is 6.61 Å². The number of fused-ring (bicyclic) bond motifs is 1. The molecule has 1 aromatic rings. The van der Waals surface area contributed by atoms with Gasteiger partial charge in [0.05, 0.1) is 0 Å². The van der Waals surface area contributed by atoms with Gasteiger partial charge in [-0.3, -0.25) is 9.59 Å². The molecule has 2 rings (SSSR count). The van der Waals surface area contributed by atoms with Gasteiger partial charge < -0.3 is 20.3 Å². The lowest BCUT2D eigenvalue weighted by Crippen LogP contribution is -2.43. The largest absolute Gasteiger partial charge is 0.492 e. The second-order valence-electron chi connectivity index (χ2n) is 4.73. The van der Waals surface area contributed by atoms with Crippen molar-refractivity contribution in [1.29, 1.82) is 0 Å². The van der Waals surface area contributed by atoms with E-state index in [1.54, 1.807) is 24.3 Å². The first-order chi connectivity index (χ1) is 9.99. The molecule has 1 aliphatic heterocycles. The zero-order chi connectivity index (χ0) is 15.4. The van der Waals surface area contributed by atoms with Crippen LogP contribution in [0.15, 0.2) is 24.3 Å². The average Bonchev–Trinajstić information content (AvgIpc) is 2.86. The number of benzene rings is 1. The van der Waals surface area contributed by atoms with E-state index >= 15 is 0 Å². The maximum Gasteiger partial charge on any atom is 0.326 e. The van der Waals surface area contributed by atoms with Crippen LogP contribution >= 0.6 is 0 Å². The number of hydrogen-bond donors (Lipinski definition) is 3.